The number of unbranched alkanes of at least 4 members (excludes halogenated alkanes) is 3. The molecule has 0 aliphatic carbocycles. The van der Waals surface area contributed by atoms with E-state index < -0.39 is 6.04 Å². The molecule has 4 rings (SSSR count). The lowest BCUT2D eigenvalue weighted by Gasteiger charge is -2.13. The van der Waals surface area contributed by atoms with Crippen molar-refractivity contribution < 1.29 is 9.59 Å². The first-order valence-electron chi connectivity index (χ1n) is 14.8. The highest BCUT2D eigenvalue weighted by molar-refractivity contribution is 9.12. The van der Waals surface area contributed by atoms with E-state index in [-0.39, 0.29) is 23.6 Å². The molecule has 0 spiro atoms. The third-order valence-corrected chi connectivity index (χ3v) is 9.56. The molecule has 3 heterocycles. The Hall–Kier alpha value is -2.71. The molecule has 3 aromatic rings. The minimum absolute atomic E-state index is 0.0414. The summed E-state index contributed by atoms with van der Waals surface area (Å²) in [6, 6.07) is 7.17. The topological polar surface area (TPSA) is 101 Å². The number of nitrogens with zero attached hydrogens (tertiary/aromatic N) is 4. The van der Waals surface area contributed by atoms with Crippen LogP contribution in [0.5, 0.6) is 0 Å². The average molecular weight is 721 g/mol. The molecule has 2 amide bonds. The van der Waals surface area contributed by atoms with Crippen molar-refractivity contribution in [3.63, 3.8) is 0 Å². The smallest absolute Gasteiger partial charge is 0.222 e. The minimum atomic E-state index is -0.488. The summed E-state index contributed by atoms with van der Waals surface area (Å²) in [6.07, 6.45) is 5.71. The lowest BCUT2D eigenvalue weighted by atomic mass is 9.99. The fourth-order valence-electron chi connectivity index (χ4n) is 5.10. The summed E-state index contributed by atoms with van der Waals surface area (Å²) in [7, 11) is 0. The van der Waals surface area contributed by atoms with Gasteiger partial charge in [0.15, 0.2) is 5.82 Å². The van der Waals surface area contributed by atoms with E-state index in [1.54, 1.807) is 11.3 Å². The molecule has 12 heteroatoms. The van der Waals surface area contributed by atoms with Crippen LogP contribution in [0.15, 0.2) is 29.3 Å². The van der Waals surface area contributed by atoms with Gasteiger partial charge in [-0.1, -0.05) is 42.5 Å². The second-order valence-corrected chi connectivity index (χ2v) is 13.4. The van der Waals surface area contributed by atoms with Crippen molar-refractivity contribution in [1.82, 2.24) is 25.4 Å². The van der Waals surface area contributed by atoms with Crippen LogP contribution in [0, 0.1) is 31.5 Å². The van der Waals surface area contributed by atoms with Crippen LogP contribution in [0.25, 0.3) is 5.00 Å². The highest BCUT2D eigenvalue weighted by Gasteiger charge is 2.32. The molecule has 1 aromatic carbocycles. The molecule has 0 saturated heterocycles. The summed E-state index contributed by atoms with van der Waals surface area (Å²) in [5, 5.41) is 16.3. The molecule has 0 fully saturated rings. The van der Waals surface area contributed by atoms with E-state index in [1.807, 2.05) is 31.2 Å². The van der Waals surface area contributed by atoms with Gasteiger partial charge in [-0.3, -0.25) is 19.1 Å². The number of thiophene rings is 1. The molecular formula is C32H37BrCl2N6O2S. The van der Waals surface area contributed by atoms with Gasteiger partial charge in [-0.15, -0.1) is 33.1 Å². The predicted octanol–water partition coefficient (Wildman–Crippen LogP) is 7.12. The Morgan fingerprint density at radius 1 is 1.02 bits per heavy atom. The second kappa shape index (κ2) is 16.6. The number of aryl methyl sites for hydroxylation is 2. The fraction of sp³-hybridized carbons (Fsp3) is 0.469. The van der Waals surface area contributed by atoms with Gasteiger partial charge in [0.2, 0.25) is 11.8 Å². The van der Waals surface area contributed by atoms with E-state index in [2.05, 4.69) is 65.9 Å². The molecule has 1 aliphatic rings. The monoisotopic (exact) mass is 718 g/mol. The van der Waals surface area contributed by atoms with Gasteiger partial charge in [0.25, 0.3) is 0 Å². The van der Waals surface area contributed by atoms with Gasteiger partial charge in [-0.25, -0.2) is 0 Å². The Balaban J connectivity index is 1.29. The first-order chi connectivity index (χ1) is 21.2. The number of aliphatic imine (C=N–C) groups is 1. The maximum Gasteiger partial charge on any atom is 0.222 e. The molecule has 44 heavy (non-hydrogen) atoms. The van der Waals surface area contributed by atoms with E-state index in [1.165, 1.54) is 4.88 Å². The van der Waals surface area contributed by atoms with Gasteiger partial charge < -0.3 is 10.6 Å². The number of benzene rings is 1. The van der Waals surface area contributed by atoms with E-state index in [0.717, 1.165) is 58.9 Å². The van der Waals surface area contributed by atoms with Gasteiger partial charge in [-0.05, 0) is 69.0 Å². The van der Waals surface area contributed by atoms with Crippen molar-refractivity contribution in [2.24, 2.45) is 4.99 Å². The molecule has 1 aliphatic heterocycles. The van der Waals surface area contributed by atoms with Crippen molar-refractivity contribution in [3.8, 4) is 15.8 Å². The van der Waals surface area contributed by atoms with Crippen LogP contribution in [0.1, 0.15) is 90.6 Å². The number of carbonyl (C=O) groups is 2. The summed E-state index contributed by atoms with van der Waals surface area (Å²) >= 11 is 16.9. The maximum absolute atomic E-state index is 13.1. The minimum Gasteiger partial charge on any atom is -0.356 e. The highest BCUT2D eigenvalue weighted by Crippen LogP contribution is 2.39. The predicted molar refractivity (Wildman–Crippen MR) is 183 cm³/mol. The second-order valence-electron chi connectivity index (χ2n) is 10.8. The van der Waals surface area contributed by atoms with Crippen LogP contribution >= 0.6 is 50.5 Å². The Bertz CT molecular complexity index is 1560. The van der Waals surface area contributed by atoms with Crippen LogP contribution in [0.3, 0.4) is 0 Å². The number of fused-ring (bicyclic) bond motifs is 3. The van der Waals surface area contributed by atoms with Crippen molar-refractivity contribution in [1.29, 1.82) is 0 Å². The van der Waals surface area contributed by atoms with E-state index in [4.69, 9.17) is 28.2 Å². The molecule has 1 unspecified atom stereocenters. The summed E-state index contributed by atoms with van der Waals surface area (Å²) in [5.41, 5.74) is 3.98. The number of halogens is 3. The van der Waals surface area contributed by atoms with Crippen LogP contribution < -0.4 is 10.6 Å². The van der Waals surface area contributed by atoms with Gasteiger partial charge in [-0.2, -0.15) is 0 Å². The summed E-state index contributed by atoms with van der Waals surface area (Å²) in [6.45, 7) is 7.38. The standard InChI is InChI=1S/C32H37BrCl2N6O2S/c1-20-21(2)44-32-29(20)30(23-11-13-25(35)14-12-23)38-26(31-40-39-22(3)41(31)32)19-28(43)37-18-7-5-4-6-17-36-27(42)10-8-9-24(34)15-16-33/h11-14,24,26H,4-10,17-19H2,1-3H3,(H,36,42)(H,37,43)/t24?,26-/m1/s1. The quantitative estimate of drug-likeness (QED) is 0.105. The zero-order chi connectivity index (χ0) is 31.6. The van der Waals surface area contributed by atoms with Crippen LogP contribution in [-0.2, 0) is 9.59 Å². The van der Waals surface area contributed by atoms with E-state index >= 15 is 0 Å². The lowest BCUT2D eigenvalue weighted by Crippen LogP contribution is -2.26. The Kier molecular flexibility index (Phi) is 12.9. The molecule has 2 N–H and O–H groups in total. The van der Waals surface area contributed by atoms with Gasteiger partial charge in [0, 0.05) is 56.5 Å². The molecule has 0 radical (unpaired) electrons. The summed E-state index contributed by atoms with van der Waals surface area (Å²) in [5.74, 6) is 4.20. The average Bonchev–Trinajstić information content (AvgIpc) is 3.47. The number of hydrogen-bond donors (Lipinski definition) is 2. The fourth-order valence-corrected chi connectivity index (χ4v) is 7.06. The lowest BCUT2D eigenvalue weighted by molar-refractivity contribution is -0.122. The number of aromatic nitrogens is 3. The molecule has 8 nitrogen and oxygen atoms in total. The molecular weight excluding hydrogens is 683 g/mol. The van der Waals surface area contributed by atoms with Crippen molar-refractivity contribution in [2.45, 2.75) is 83.6 Å². The Morgan fingerprint density at radius 3 is 2.39 bits per heavy atom. The van der Waals surface area contributed by atoms with Crippen molar-refractivity contribution in [2.75, 3.05) is 13.1 Å². The zero-order valence-corrected chi connectivity index (χ0v) is 29.1. The summed E-state index contributed by atoms with van der Waals surface area (Å²) < 4.78 is 2.05. The Labute approximate surface area is 281 Å². The third kappa shape index (κ3) is 8.94. The number of nitrogens with one attached hydrogen (secondary N) is 2. The molecule has 2 aromatic heterocycles. The SMILES string of the molecule is Cc1sc2c(c1C)C(c1ccc(Cl)cc1)=N[C@H](CC(=O)NCCCCCCNC(=O)CCCC(Cl)C#CBr)c1nnc(C)n1-2. The van der Waals surface area contributed by atoms with E-state index in [9.17, 15) is 9.59 Å². The number of carbonyl (C=O) groups excluding carboxylic acids is 2. The van der Waals surface area contributed by atoms with Crippen LogP contribution in [0.4, 0.5) is 0 Å². The first-order valence-corrected chi connectivity index (χ1v) is 17.3. The van der Waals surface area contributed by atoms with Gasteiger partial charge in [0.1, 0.15) is 16.9 Å². The normalized spacial score (nSPS) is 14.4. The number of rotatable bonds is 14. The maximum atomic E-state index is 13.1. The third-order valence-electron chi connectivity index (χ3n) is 7.56. The Morgan fingerprint density at radius 2 is 1.70 bits per heavy atom. The largest absolute Gasteiger partial charge is 0.356 e. The molecule has 234 valence electrons. The van der Waals surface area contributed by atoms with Crippen LogP contribution in [0.2, 0.25) is 5.02 Å². The number of alkyl halides is 1. The molecule has 2 atom stereocenters. The van der Waals surface area contributed by atoms with Crippen LogP contribution in [-0.4, -0.2) is 50.8 Å². The molecule has 0 bridgehead atoms. The van der Waals surface area contributed by atoms with Crippen molar-refractivity contribution in [3.05, 3.63) is 62.5 Å². The highest BCUT2D eigenvalue weighted by atomic mass is 79.9. The van der Waals surface area contributed by atoms with E-state index in [0.29, 0.717) is 43.2 Å². The van der Waals surface area contributed by atoms with Gasteiger partial charge in [0.05, 0.1) is 17.5 Å². The summed E-state index contributed by atoms with van der Waals surface area (Å²) in [4.78, 5) is 34.1. The molecule has 0 saturated carbocycles. The van der Waals surface area contributed by atoms with Gasteiger partial charge >= 0.3 is 0 Å². The number of hydrogen-bond acceptors (Lipinski definition) is 6. The first kappa shape index (κ1) is 34.2. The number of amides is 2. The van der Waals surface area contributed by atoms with Crippen molar-refractivity contribution >= 4 is 68.0 Å². The zero-order valence-electron chi connectivity index (χ0n) is 25.2.